The fourth-order valence-electron chi connectivity index (χ4n) is 2.87. The molecule has 2 atom stereocenters. The molecule has 2 unspecified atom stereocenters. The summed E-state index contributed by atoms with van der Waals surface area (Å²) in [5, 5.41) is 3.41. The molecule has 1 fully saturated rings. The van der Waals surface area contributed by atoms with Crippen molar-refractivity contribution in [2.75, 3.05) is 0 Å². The Morgan fingerprint density at radius 3 is 2.67 bits per heavy atom. The fourth-order valence-corrected chi connectivity index (χ4v) is 2.87. The summed E-state index contributed by atoms with van der Waals surface area (Å²) < 4.78 is 26.8. The maximum Gasteiger partial charge on any atom is 0.128 e. The monoisotopic (exact) mass is 253 g/mol. The Balaban J connectivity index is 2.04. The molecule has 1 aromatic carbocycles. The van der Waals surface area contributed by atoms with Crippen LogP contribution in [0, 0.1) is 17.0 Å². The van der Waals surface area contributed by atoms with E-state index in [0.717, 1.165) is 18.9 Å². The van der Waals surface area contributed by atoms with Gasteiger partial charge in [-0.25, -0.2) is 8.78 Å². The van der Waals surface area contributed by atoms with Crippen LogP contribution in [-0.2, 0) is 0 Å². The van der Waals surface area contributed by atoms with Crippen molar-refractivity contribution in [3.05, 3.63) is 35.4 Å². The molecule has 3 heteroatoms. The molecule has 1 aliphatic carbocycles. The van der Waals surface area contributed by atoms with E-state index in [2.05, 4.69) is 19.2 Å². The van der Waals surface area contributed by atoms with Gasteiger partial charge in [-0.1, -0.05) is 13.8 Å². The van der Waals surface area contributed by atoms with Gasteiger partial charge in [0.05, 0.1) is 0 Å². The zero-order valence-electron chi connectivity index (χ0n) is 11.3. The average molecular weight is 253 g/mol. The maximum absolute atomic E-state index is 13.6. The summed E-state index contributed by atoms with van der Waals surface area (Å²) in [6.07, 6.45) is 3.38. The molecule has 0 amide bonds. The van der Waals surface area contributed by atoms with Crippen molar-refractivity contribution in [1.29, 1.82) is 0 Å². The molecule has 0 heterocycles. The smallest absolute Gasteiger partial charge is 0.128 e. The zero-order chi connectivity index (χ0) is 13.3. The molecule has 0 aliphatic heterocycles. The predicted molar refractivity (Wildman–Crippen MR) is 69.3 cm³/mol. The van der Waals surface area contributed by atoms with Crippen LogP contribution in [0.15, 0.2) is 18.2 Å². The second kappa shape index (κ2) is 4.96. The van der Waals surface area contributed by atoms with Crippen molar-refractivity contribution in [3.8, 4) is 0 Å². The first-order valence-electron chi connectivity index (χ1n) is 6.58. The van der Waals surface area contributed by atoms with Gasteiger partial charge in [-0.15, -0.1) is 0 Å². The predicted octanol–water partition coefficient (Wildman–Crippen LogP) is 4.19. The van der Waals surface area contributed by atoms with Gasteiger partial charge in [0.15, 0.2) is 0 Å². The largest absolute Gasteiger partial charge is 0.307 e. The second-order valence-electron chi connectivity index (χ2n) is 6.16. The van der Waals surface area contributed by atoms with E-state index in [0.29, 0.717) is 17.0 Å². The number of hydrogen-bond donors (Lipinski definition) is 1. The molecule has 18 heavy (non-hydrogen) atoms. The van der Waals surface area contributed by atoms with E-state index in [9.17, 15) is 8.78 Å². The molecule has 2 rings (SSSR count). The molecule has 0 radical (unpaired) electrons. The Morgan fingerprint density at radius 2 is 2.06 bits per heavy atom. The summed E-state index contributed by atoms with van der Waals surface area (Å²) in [5.41, 5.74) is 0.775. The average Bonchev–Trinajstić information content (AvgIpc) is 2.61. The number of halogens is 2. The molecule has 1 N–H and O–H groups in total. The van der Waals surface area contributed by atoms with Crippen molar-refractivity contribution in [3.63, 3.8) is 0 Å². The lowest BCUT2D eigenvalue weighted by Gasteiger charge is -2.22. The van der Waals surface area contributed by atoms with Crippen LogP contribution in [0.4, 0.5) is 8.78 Å². The number of rotatable bonds is 3. The molecule has 0 saturated heterocycles. The third kappa shape index (κ3) is 3.08. The van der Waals surface area contributed by atoms with Gasteiger partial charge in [0, 0.05) is 17.6 Å². The van der Waals surface area contributed by atoms with Crippen LogP contribution in [0.25, 0.3) is 0 Å². The Hall–Kier alpha value is -0.960. The highest BCUT2D eigenvalue weighted by molar-refractivity contribution is 5.22. The van der Waals surface area contributed by atoms with Gasteiger partial charge in [-0.3, -0.25) is 0 Å². The quantitative estimate of drug-likeness (QED) is 0.851. The SMILES string of the molecule is CC(NC1CCC(C)(C)C1)c1cc(F)ccc1F. The van der Waals surface area contributed by atoms with E-state index in [1.807, 2.05) is 6.92 Å². The number of hydrogen-bond acceptors (Lipinski definition) is 1. The summed E-state index contributed by atoms with van der Waals surface area (Å²) in [7, 11) is 0. The highest BCUT2D eigenvalue weighted by Crippen LogP contribution is 2.37. The van der Waals surface area contributed by atoms with Crippen LogP contribution in [0.5, 0.6) is 0 Å². The van der Waals surface area contributed by atoms with Crippen molar-refractivity contribution >= 4 is 0 Å². The Bertz CT molecular complexity index is 429. The number of nitrogens with one attached hydrogen (secondary N) is 1. The van der Waals surface area contributed by atoms with Crippen LogP contribution in [0.2, 0.25) is 0 Å². The molecule has 0 aromatic heterocycles. The van der Waals surface area contributed by atoms with Crippen LogP contribution < -0.4 is 5.32 Å². The first-order valence-corrected chi connectivity index (χ1v) is 6.58. The summed E-state index contributed by atoms with van der Waals surface area (Å²) in [4.78, 5) is 0. The first-order chi connectivity index (χ1) is 8.37. The van der Waals surface area contributed by atoms with Gasteiger partial charge in [0.2, 0.25) is 0 Å². The van der Waals surface area contributed by atoms with E-state index in [4.69, 9.17) is 0 Å². The summed E-state index contributed by atoms with van der Waals surface area (Å²) in [5.74, 6) is -0.722. The maximum atomic E-state index is 13.6. The molecular formula is C15H21F2N. The molecule has 1 saturated carbocycles. The molecule has 0 spiro atoms. The lowest BCUT2D eigenvalue weighted by atomic mass is 9.91. The van der Waals surface area contributed by atoms with Crippen molar-refractivity contribution in [2.45, 2.75) is 52.1 Å². The van der Waals surface area contributed by atoms with Gasteiger partial charge in [-0.05, 0) is 49.8 Å². The first kappa shape index (κ1) is 13.5. The van der Waals surface area contributed by atoms with E-state index in [1.54, 1.807) is 0 Å². The topological polar surface area (TPSA) is 12.0 Å². The van der Waals surface area contributed by atoms with Crippen molar-refractivity contribution in [2.24, 2.45) is 5.41 Å². The zero-order valence-corrected chi connectivity index (χ0v) is 11.3. The van der Waals surface area contributed by atoms with E-state index in [1.165, 1.54) is 18.6 Å². The highest BCUT2D eigenvalue weighted by Gasteiger charge is 2.31. The van der Waals surface area contributed by atoms with Crippen molar-refractivity contribution in [1.82, 2.24) is 5.32 Å². The second-order valence-corrected chi connectivity index (χ2v) is 6.16. The number of benzene rings is 1. The lowest BCUT2D eigenvalue weighted by molar-refractivity contribution is 0.354. The third-order valence-corrected chi connectivity index (χ3v) is 3.88. The van der Waals surface area contributed by atoms with Crippen molar-refractivity contribution < 1.29 is 8.78 Å². The molecule has 1 nitrogen and oxygen atoms in total. The normalized spacial score (nSPS) is 24.2. The standard InChI is InChI=1S/C15H21F2N/c1-10(13-8-11(16)4-5-14(13)17)18-12-6-7-15(2,3)9-12/h4-5,8,10,12,18H,6-7,9H2,1-3H3. The van der Waals surface area contributed by atoms with E-state index in [-0.39, 0.29) is 17.7 Å². The Labute approximate surface area is 108 Å². The van der Waals surface area contributed by atoms with Crippen LogP contribution >= 0.6 is 0 Å². The summed E-state index contributed by atoms with van der Waals surface area (Å²) >= 11 is 0. The van der Waals surface area contributed by atoms with Crippen LogP contribution in [0.1, 0.15) is 51.6 Å². The van der Waals surface area contributed by atoms with Gasteiger partial charge >= 0.3 is 0 Å². The molecular weight excluding hydrogens is 232 g/mol. The molecule has 100 valence electrons. The van der Waals surface area contributed by atoms with E-state index < -0.39 is 0 Å². The summed E-state index contributed by atoms with van der Waals surface area (Å²) in [6.45, 7) is 6.40. The lowest BCUT2D eigenvalue weighted by Crippen LogP contribution is -2.30. The summed E-state index contributed by atoms with van der Waals surface area (Å²) in [6, 6.07) is 3.89. The third-order valence-electron chi connectivity index (χ3n) is 3.88. The van der Waals surface area contributed by atoms with E-state index >= 15 is 0 Å². The van der Waals surface area contributed by atoms with Gasteiger partial charge in [0.25, 0.3) is 0 Å². The molecule has 1 aromatic rings. The van der Waals surface area contributed by atoms with Crippen LogP contribution in [0.3, 0.4) is 0 Å². The highest BCUT2D eigenvalue weighted by atomic mass is 19.1. The van der Waals surface area contributed by atoms with Gasteiger partial charge in [-0.2, -0.15) is 0 Å². The molecule has 1 aliphatic rings. The minimum Gasteiger partial charge on any atom is -0.307 e. The van der Waals surface area contributed by atoms with Gasteiger partial charge in [0.1, 0.15) is 11.6 Å². The van der Waals surface area contributed by atoms with Gasteiger partial charge < -0.3 is 5.32 Å². The Kier molecular flexibility index (Phi) is 3.71. The van der Waals surface area contributed by atoms with Crippen LogP contribution in [-0.4, -0.2) is 6.04 Å². The fraction of sp³-hybridized carbons (Fsp3) is 0.600. The minimum atomic E-state index is -0.383. The Morgan fingerprint density at radius 1 is 1.33 bits per heavy atom. The molecule has 0 bridgehead atoms. The minimum absolute atomic E-state index is 0.153.